The highest BCUT2D eigenvalue weighted by Gasteiger charge is 2.12. The van der Waals surface area contributed by atoms with Crippen molar-refractivity contribution >= 4 is 6.09 Å². The van der Waals surface area contributed by atoms with Crippen LogP contribution in [0, 0.1) is 11.8 Å². The van der Waals surface area contributed by atoms with E-state index in [2.05, 4.69) is 23.9 Å². The van der Waals surface area contributed by atoms with E-state index < -0.39 is 6.09 Å². The Kier molecular flexibility index (Phi) is 7.20. The number of hydrogen-bond acceptors (Lipinski definition) is 2. The first-order chi connectivity index (χ1) is 6.60. The smallest absolute Gasteiger partial charge is 0.407 e. The van der Waals surface area contributed by atoms with E-state index in [9.17, 15) is 9.90 Å². The quantitative estimate of drug-likeness (QED) is 0.714. The lowest BCUT2D eigenvalue weighted by Crippen LogP contribution is -2.31. The van der Waals surface area contributed by atoms with Crippen molar-refractivity contribution in [3.63, 3.8) is 0 Å². The van der Waals surface area contributed by atoms with E-state index in [4.69, 9.17) is 0 Å². The van der Waals surface area contributed by atoms with Gasteiger partial charge < -0.3 is 10.1 Å². The summed E-state index contributed by atoms with van der Waals surface area (Å²) in [6.07, 6.45) is 0.408. The van der Waals surface area contributed by atoms with Gasteiger partial charge in [-0.3, -0.25) is 0 Å². The van der Waals surface area contributed by atoms with Gasteiger partial charge >= 0.3 is 6.09 Å². The molecule has 0 aliphatic heterocycles. The molecule has 1 N–H and O–H groups in total. The standard InChI is InChI=1S/C10H20NO3/c1-4-14-10(13)11-6-9(7-12)5-8(2)3/h8-9H,4-7H2,1-3H3,(H,11,13). The van der Waals surface area contributed by atoms with E-state index >= 15 is 0 Å². The van der Waals surface area contributed by atoms with Crippen LogP contribution >= 0.6 is 0 Å². The Morgan fingerprint density at radius 1 is 1.43 bits per heavy atom. The second-order valence-corrected chi connectivity index (χ2v) is 3.76. The third-order valence-electron chi connectivity index (χ3n) is 1.85. The van der Waals surface area contributed by atoms with Crippen LogP contribution in [0.5, 0.6) is 0 Å². The van der Waals surface area contributed by atoms with Gasteiger partial charge in [-0.15, -0.1) is 0 Å². The first-order valence-electron chi connectivity index (χ1n) is 5.08. The maximum Gasteiger partial charge on any atom is 0.407 e. The molecule has 83 valence electrons. The summed E-state index contributed by atoms with van der Waals surface area (Å²) in [5, 5.41) is 13.3. The first kappa shape index (κ1) is 13.2. The van der Waals surface area contributed by atoms with E-state index in [1.54, 1.807) is 6.92 Å². The molecule has 0 saturated carbocycles. The number of alkyl carbamates (subject to hydrolysis) is 1. The monoisotopic (exact) mass is 202 g/mol. The van der Waals surface area contributed by atoms with E-state index in [-0.39, 0.29) is 12.5 Å². The Balaban J connectivity index is 3.66. The summed E-state index contributed by atoms with van der Waals surface area (Å²) in [6, 6.07) is 0. The molecule has 0 aliphatic carbocycles. The molecule has 4 nitrogen and oxygen atoms in total. The zero-order chi connectivity index (χ0) is 11.0. The summed E-state index contributed by atoms with van der Waals surface area (Å²) in [5.74, 6) is 0.498. The van der Waals surface area contributed by atoms with E-state index in [0.29, 0.717) is 19.1 Å². The summed E-state index contributed by atoms with van der Waals surface area (Å²) in [7, 11) is 0. The minimum Gasteiger partial charge on any atom is -0.450 e. The van der Waals surface area contributed by atoms with Gasteiger partial charge in [0.05, 0.1) is 13.2 Å². The van der Waals surface area contributed by atoms with Crippen molar-refractivity contribution in [2.24, 2.45) is 11.8 Å². The third kappa shape index (κ3) is 6.71. The minimum atomic E-state index is -0.435. The fourth-order valence-corrected chi connectivity index (χ4v) is 1.29. The van der Waals surface area contributed by atoms with Gasteiger partial charge in [-0.05, 0) is 19.3 Å². The maximum atomic E-state index is 10.9. The molecule has 0 aromatic carbocycles. The van der Waals surface area contributed by atoms with Crippen molar-refractivity contribution < 1.29 is 14.6 Å². The molecule has 4 heteroatoms. The van der Waals surface area contributed by atoms with Gasteiger partial charge in [0.15, 0.2) is 0 Å². The van der Waals surface area contributed by atoms with Crippen LogP contribution in [0.3, 0.4) is 0 Å². The topological polar surface area (TPSA) is 58.2 Å². The van der Waals surface area contributed by atoms with Crippen molar-refractivity contribution in [1.82, 2.24) is 5.32 Å². The molecule has 0 saturated heterocycles. The summed E-state index contributed by atoms with van der Waals surface area (Å²) >= 11 is 0. The predicted octanol–water partition coefficient (Wildman–Crippen LogP) is 1.83. The van der Waals surface area contributed by atoms with Crippen LogP contribution in [0.25, 0.3) is 0 Å². The van der Waals surface area contributed by atoms with Gasteiger partial charge in [0.25, 0.3) is 0 Å². The molecule has 0 aliphatic rings. The normalized spacial score (nSPS) is 12.6. The van der Waals surface area contributed by atoms with Gasteiger partial charge in [-0.1, -0.05) is 13.8 Å². The van der Waals surface area contributed by atoms with Crippen LogP contribution in [-0.4, -0.2) is 25.9 Å². The van der Waals surface area contributed by atoms with Crippen molar-refractivity contribution in [2.75, 3.05) is 19.8 Å². The highest BCUT2D eigenvalue weighted by Crippen LogP contribution is 2.10. The number of carbonyl (C=O) groups is 1. The molecule has 0 aromatic rings. The second-order valence-electron chi connectivity index (χ2n) is 3.76. The Morgan fingerprint density at radius 2 is 2.07 bits per heavy atom. The molecule has 0 spiro atoms. The van der Waals surface area contributed by atoms with Crippen LogP contribution < -0.4 is 5.32 Å². The summed E-state index contributed by atoms with van der Waals surface area (Å²) in [4.78, 5) is 10.9. The lowest BCUT2D eigenvalue weighted by atomic mass is 9.98. The molecule has 1 radical (unpaired) electrons. The number of rotatable bonds is 6. The maximum absolute atomic E-state index is 10.9. The number of carbonyl (C=O) groups excluding carboxylic acids is 1. The second kappa shape index (κ2) is 7.62. The first-order valence-corrected chi connectivity index (χ1v) is 5.08. The SMILES string of the molecule is CCOC(=O)NCC(C[O])CC(C)C. The molecule has 1 amide bonds. The molecule has 0 heterocycles. The van der Waals surface area contributed by atoms with E-state index in [0.717, 1.165) is 6.42 Å². The summed E-state index contributed by atoms with van der Waals surface area (Å²) in [6.45, 7) is 6.50. The van der Waals surface area contributed by atoms with E-state index in [1.807, 2.05) is 0 Å². The highest BCUT2D eigenvalue weighted by atomic mass is 16.5. The average Bonchev–Trinajstić information content (AvgIpc) is 2.12. The Bertz CT molecular complexity index is 159. The zero-order valence-corrected chi connectivity index (χ0v) is 9.21. The predicted molar refractivity (Wildman–Crippen MR) is 53.5 cm³/mol. The zero-order valence-electron chi connectivity index (χ0n) is 9.21. The lowest BCUT2D eigenvalue weighted by molar-refractivity contribution is 0.121. The van der Waals surface area contributed by atoms with Gasteiger partial charge in [0.1, 0.15) is 0 Å². The van der Waals surface area contributed by atoms with E-state index in [1.165, 1.54) is 0 Å². The Labute approximate surface area is 85.6 Å². The fraction of sp³-hybridized carbons (Fsp3) is 0.900. The Hall–Kier alpha value is -0.770. The molecular formula is C10H20NO3. The number of amides is 1. The molecule has 1 unspecified atom stereocenters. The molecule has 0 rings (SSSR count). The van der Waals surface area contributed by atoms with Crippen LogP contribution in [-0.2, 0) is 9.84 Å². The average molecular weight is 202 g/mol. The molecule has 0 bridgehead atoms. The third-order valence-corrected chi connectivity index (χ3v) is 1.85. The number of ether oxygens (including phenoxy) is 1. The largest absolute Gasteiger partial charge is 0.450 e. The van der Waals surface area contributed by atoms with Crippen LogP contribution in [0.2, 0.25) is 0 Å². The summed E-state index contributed by atoms with van der Waals surface area (Å²) in [5.41, 5.74) is 0. The van der Waals surface area contributed by atoms with Crippen LogP contribution in [0.1, 0.15) is 27.2 Å². The fourth-order valence-electron chi connectivity index (χ4n) is 1.29. The van der Waals surface area contributed by atoms with Gasteiger partial charge in [-0.2, -0.15) is 0 Å². The number of hydrogen-bond donors (Lipinski definition) is 1. The molecule has 1 atom stereocenters. The molecule has 0 aromatic heterocycles. The van der Waals surface area contributed by atoms with Crippen LogP contribution in [0.15, 0.2) is 0 Å². The van der Waals surface area contributed by atoms with Crippen molar-refractivity contribution in [1.29, 1.82) is 0 Å². The van der Waals surface area contributed by atoms with Crippen LogP contribution in [0.4, 0.5) is 4.79 Å². The molecular weight excluding hydrogens is 182 g/mol. The van der Waals surface area contributed by atoms with Crippen molar-refractivity contribution in [2.45, 2.75) is 27.2 Å². The van der Waals surface area contributed by atoms with Gasteiger partial charge in [0, 0.05) is 12.5 Å². The molecule has 14 heavy (non-hydrogen) atoms. The number of nitrogens with one attached hydrogen (secondary N) is 1. The summed E-state index contributed by atoms with van der Waals surface area (Å²) < 4.78 is 4.69. The van der Waals surface area contributed by atoms with Crippen molar-refractivity contribution in [3.8, 4) is 0 Å². The molecule has 0 fully saturated rings. The van der Waals surface area contributed by atoms with Crippen molar-refractivity contribution in [3.05, 3.63) is 0 Å². The minimum absolute atomic E-state index is 0.0133. The van der Waals surface area contributed by atoms with Gasteiger partial charge in [-0.25, -0.2) is 9.90 Å². The van der Waals surface area contributed by atoms with Gasteiger partial charge in [0.2, 0.25) is 0 Å². The Morgan fingerprint density at radius 3 is 2.50 bits per heavy atom. The highest BCUT2D eigenvalue weighted by molar-refractivity contribution is 5.66. The lowest BCUT2D eigenvalue weighted by Gasteiger charge is -2.15.